The van der Waals surface area contributed by atoms with Gasteiger partial charge in [0.25, 0.3) is 6.47 Å². The van der Waals surface area contributed by atoms with Crippen LogP contribution in [0, 0.1) is 0 Å². The molecule has 0 unspecified atom stereocenters. The van der Waals surface area contributed by atoms with Crippen molar-refractivity contribution in [3.8, 4) is 11.3 Å². The number of pyridine rings is 1. The minimum atomic E-state index is 0.150. The predicted molar refractivity (Wildman–Crippen MR) is 92.4 cm³/mol. The van der Waals surface area contributed by atoms with Gasteiger partial charge >= 0.3 is 0 Å². The summed E-state index contributed by atoms with van der Waals surface area (Å²) in [6, 6.07) is 16.9. The fraction of sp³-hybridized carbons (Fsp3) is 0.250. The first-order valence-electron chi connectivity index (χ1n) is 7.75. The minimum Gasteiger partial charge on any atom is -0.463 e. The van der Waals surface area contributed by atoms with Crippen LogP contribution >= 0.6 is 0 Å². The SMILES string of the molecule is CC(C)(C)c1ccc(-c2cccc3cc(COC=O)cn23)cc1. The van der Waals surface area contributed by atoms with E-state index in [4.69, 9.17) is 4.74 Å². The average molecular weight is 307 g/mol. The molecule has 0 aliphatic rings. The van der Waals surface area contributed by atoms with Gasteiger partial charge in [0.05, 0.1) is 5.69 Å². The van der Waals surface area contributed by atoms with E-state index < -0.39 is 0 Å². The maximum atomic E-state index is 10.4. The van der Waals surface area contributed by atoms with Crippen LogP contribution in [0.4, 0.5) is 0 Å². The molecule has 0 spiro atoms. The lowest BCUT2D eigenvalue weighted by atomic mass is 9.86. The highest BCUT2D eigenvalue weighted by atomic mass is 16.5. The lowest BCUT2D eigenvalue weighted by Gasteiger charge is -2.19. The Morgan fingerprint density at radius 2 is 1.83 bits per heavy atom. The monoisotopic (exact) mass is 307 g/mol. The van der Waals surface area contributed by atoms with Crippen LogP contribution in [0.1, 0.15) is 31.9 Å². The van der Waals surface area contributed by atoms with Crippen molar-refractivity contribution in [2.24, 2.45) is 0 Å². The van der Waals surface area contributed by atoms with E-state index in [0.717, 1.165) is 16.8 Å². The van der Waals surface area contributed by atoms with Gasteiger partial charge in [-0.1, -0.05) is 51.1 Å². The molecule has 2 aromatic heterocycles. The molecule has 1 aromatic carbocycles. The zero-order valence-electron chi connectivity index (χ0n) is 13.7. The molecule has 0 radical (unpaired) electrons. The van der Waals surface area contributed by atoms with Crippen molar-refractivity contribution in [2.45, 2.75) is 32.8 Å². The topological polar surface area (TPSA) is 30.7 Å². The Morgan fingerprint density at radius 1 is 1.09 bits per heavy atom. The van der Waals surface area contributed by atoms with E-state index >= 15 is 0 Å². The van der Waals surface area contributed by atoms with E-state index in [2.05, 4.69) is 61.6 Å². The fourth-order valence-electron chi connectivity index (χ4n) is 2.78. The number of fused-ring (bicyclic) bond motifs is 1. The van der Waals surface area contributed by atoms with Crippen LogP contribution in [-0.4, -0.2) is 10.9 Å². The zero-order chi connectivity index (χ0) is 16.4. The molecule has 0 saturated heterocycles. The maximum absolute atomic E-state index is 10.4. The summed E-state index contributed by atoms with van der Waals surface area (Å²) < 4.78 is 6.99. The summed E-state index contributed by atoms with van der Waals surface area (Å²) in [6.45, 7) is 7.43. The Labute approximate surface area is 136 Å². The molecule has 0 amide bonds. The van der Waals surface area contributed by atoms with E-state index in [1.807, 2.05) is 18.3 Å². The van der Waals surface area contributed by atoms with Gasteiger partial charge in [-0.05, 0) is 34.7 Å². The molecule has 0 fully saturated rings. The Kier molecular flexibility index (Phi) is 3.95. The first-order valence-corrected chi connectivity index (χ1v) is 7.75. The molecular formula is C20H21NO2. The molecule has 118 valence electrons. The molecule has 0 saturated carbocycles. The molecular weight excluding hydrogens is 286 g/mol. The number of benzene rings is 1. The third kappa shape index (κ3) is 3.14. The number of nitrogens with zero attached hydrogens (tertiary/aromatic N) is 1. The molecule has 0 aliphatic carbocycles. The van der Waals surface area contributed by atoms with E-state index in [-0.39, 0.29) is 5.41 Å². The van der Waals surface area contributed by atoms with Gasteiger partial charge in [0, 0.05) is 17.3 Å². The molecule has 0 bridgehead atoms. The van der Waals surface area contributed by atoms with Crippen LogP contribution in [-0.2, 0) is 21.6 Å². The van der Waals surface area contributed by atoms with E-state index in [1.165, 1.54) is 11.1 Å². The standard InChI is InChI=1S/C20H21NO2/c1-20(2,3)17-9-7-16(8-10-17)19-6-4-5-18-11-15(12-21(18)19)13-23-14-22/h4-12,14H,13H2,1-3H3. The Balaban J connectivity index is 2.02. The van der Waals surface area contributed by atoms with Gasteiger partial charge in [0.2, 0.25) is 0 Å². The molecule has 0 atom stereocenters. The van der Waals surface area contributed by atoms with Crippen molar-refractivity contribution >= 4 is 12.0 Å². The smallest absolute Gasteiger partial charge is 0.293 e. The molecule has 0 N–H and O–H groups in total. The summed E-state index contributed by atoms with van der Waals surface area (Å²) in [5, 5.41) is 0. The number of aromatic nitrogens is 1. The molecule has 2 heterocycles. The van der Waals surface area contributed by atoms with Gasteiger partial charge in [-0.3, -0.25) is 4.79 Å². The Morgan fingerprint density at radius 3 is 2.48 bits per heavy atom. The highest BCUT2D eigenvalue weighted by Crippen LogP contribution is 2.27. The van der Waals surface area contributed by atoms with Crippen LogP contribution in [0.3, 0.4) is 0 Å². The average Bonchev–Trinajstić information content (AvgIpc) is 2.95. The fourth-order valence-corrected chi connectivity index (χ4v) is 2.78. The van der Waals surface area contributed by atoms with Gasteiger partial charge < -0.3 is 9.14 Å². The van der Waals surface area contributed by atoms with Gasteiger partial charge in [-0.15, -0.1) is 0 Å². The molecule has 23 heavy (non-hydrogen) atoms. The number of hydrogen-bond donors (Lipinski definition) is 0. The van der Waals surface area contributed by atoms with Crippen molar-refractivity contribution in [1.82, 2.24) is 4.40 Å². The molecule has 3 heteroatoms. The molecule has 3 nitrogen and oxygen atoms in total. The van der Waals surface area contributed by atoms with Crippen LogP contribution < -0.4 is 0 Å². The summed E-state index contributed by atoms with van der Waals surface area (Å²) in [7, 11) is 0. The second kappa shape index (κ2) is 5.92. The van der Waals surface area contributed by atoms with Crippen LogP contribution in [0.15, 0.2) is 54.7 Å². The van der Waals surface area contributed by atoms with Crippen molar-refractivity contribution in [1.29, 1.82) is 0 Å². The highest BCUT2D eigenvalue weighted by Gasteiger charge is 2.13. The Bertz CT molecular complexity index is 823. The van der Waals surface area contributed by atoms with E-state index in [0.29, 0.717) is 13.1 Å². The second-order valence-electron chi connectivity index (χ2n) is 6.79. The summed E-state index contributed by atoms with van der Waals surface area (Å²) in [6.07, 6.45) is 2.02. The number of ether oxygens (including phenoxy) is 1. The van der Waals surface area contributed by atoms with Crippen molar-refractivity contribution in [2.75, 3.05) is 0 Å². The minimum absolute atomic E-state index is 0.150. The van der Waals surface area contributed by atoms with Crippen molar-refractivity contribution < 1.29 is 9.53 Å². The molecule has 3 aromatic rings. The second-order valence-corrected chi connectivity index (χ2v) is 6.79. The predicted octanol–water partition coefficient (Wildman–Crippen LogP) is 4.58. The van der Waals surface area contributed by atoms with E-state index in [9.17, 15) is 4.79 Å². The quantitative estimate of drug-likeness (QED) is 0.661. The van der Waals surface area contributed by atoms with Gasteiger partial charge in [0.15, 0.2) is 0 Å². The lowest BCUT2D eigenvalue weighted by molar-refractivity contribution is -0.129. The first-order chi connectivity index (χ1) is 11.0. The van der Waals surface area contributed by atoms with Crippen LogP contribution in [0.2, 0.25) is 0 Å². The number of carbonyl (C=O) groups excluding carboxylic acids is 1. The highest BCUT2D eigenvalue weighted by molar-refractivity contribution is 5.66. The van der Waals surface area contributed by atoms with Crippen LogP contribution in [0.5, 0.6) is 0 Å². The summed E-state index contributed by atoms with van der Waals surface area (Å²) in [4.78, 5) is 10.4. The van der Waals surface area contributed by atoms with Gasteiger partial charge in [0.1, 0.15) is 6.61 Å². The van der Waals surface area contributed by atoms with Crippen LogP contribution in [0.25, 0.3) is 16.8 Å². The van der Waals surface area contributed by atoms with Gasteiger partial charge in [-0.2, -0.15) is 0 Å². The largest absolute Gasteiger partial charge is 0.463 e. The van der Waals surface area contributed by atoms with Gasteiger partial charge in [-0.25, -0.2) is 0 Å². The van der Waals surface area contributed by atoms with Crippen molar-refractivity contribution in [3.05, 3.63) is 65.9 Å². The normalized spacial score (nSPS) is 11.6. The number of hydrogen-bond acceptors (Lipinski definition) is 2. The number of carbonyl (C=O) groups is 1. The summed E-state index contributed by atoms with van der Waals surface area (Å²) in [5.41, 5.74) is 5.84. The van der Waals surface area contributed by atoms with E-state index in [1.54, 1.807) is 0 Å². The number of rotatable bonds is 4. The molecule has 3 rings (SSSR count). The molecule has 0 aliphatic heterocycles. The Hall–Kier alpha value is -2.55. The third-order valence-electron chi connectivity index (χ3n) is 4.05. The third-order valence-corrected chi connectivity index (χ3v) is 4.05. The zero-order valence-corrected chi connectivity index (χ0v) is 13.7. The summed E-state index contributed by atoms with van der Waals surface area (Å²) >= 11 is 0. The lowest BCUT2D eigenvalue weighted by Crippen LogP contribution is -2.10. The summed E-state index contributed by atoms with van der Waals surface area (Å²) in [5.74, 6) is 0. The maximum Gasteiger partial charge on any atom is 0.293 e. The first kappa shape index (κ1) is 15.3. The van der Waals surface area contributed by atoms with Crippen molar-refractivity contribution in [3.63, 3.8) is 0 Å².